The quantitative estimate of drug-likeness (QED) is 0.641. The molecule has 3 aliphatic rings. The van der Waals surface area contributed by atoms with E-state index in [1.54, 1.807) is 5.57 Å². The summed E-state index contributed by atoms with van der Waals surface area (Å²) in [5.74, 6) is 0. The van der Waals surface area contributed by atoms with Gasteiger partial charge in [0.25, 0.3) is 0 Å². The molecular weight excluding hydrogens is 198 g/mol. The molecule has 3 heterocycles. The van der Waals surface area contributed by atoms with Crippen LogP contribution in [0.4, 0.5) is 0 Å². The van der Waals surface area contributed by atoms with Crippen LogP contribution in [0, 0.1) is 0 Å². The van der Waals surface area contributed by atoms with Crippen molar-refractivity contribution in [1.82, 2.24) is 15.5 Å². The largest absolute Gasteiger partial charge is 0.365 e. The number of nitrogens with one attached hydrogen (secondary N) is 2. The summed E-state index contributed by atoms with van der Waals surface area (Å²) in [7, 11) is 2.03. The molecule has 86 valence electrons. The number of fused-ring (bicyclic) bond motifs is 3. The van der Waals surface area contributed by atoms with Crippen LogP contribution >= 0.6 is 0 Å². The summed E-state index contributed by atoms with van der Waals surface area (Å²) in [5.41, 5.74) is 1.59. The maximum Gasteiger partial charge on any atom is 0.0666 e. The van der Waals surface area contributed by atoms with Gasteiger partial charge in [0.05, 0.1) is 18.2 Å². The van der Waals surface area contributed by atoms with E-state index in [0.29, 0.717) is 18.2 Å². The van der Waals surface area contributed by atoms with E-state index in [-0.39, 0.29) is 0 Å². The third-order valence-electron chi connectivity index (χ3n) is 3.84. The van der Waals surface area contributed by atoms with E-state index < -0.39 is 0 Å². The SMILES string of the molecule is CNC1CCC2=CCN3C=CC=CC3C2N1. The van der Waals surface area contributed by atoms with Crippen LogP contribution in [0.15, 0.2) is 36.1 Å². The Hall–Kier alpha value is -1.06. The number of allylic oxidation sites excluding steroid dienone is 2. The molecule has 3 unspecified atom stereocenters. The van der Waals surface area contributed by atoms with Crippen LogP contribution in [0.1, 0.15) is 12.8 Å². The lowest BCUT2D eigenvalue weighted by Crippen LogP contribution is -2.59. The number of piperidine rings is 1. The lowest BCUT2D eigenvalue weighted by Gasteiger charge is -2.45. The van der Waals surface area contributed by atoms with Gasteiger partial charge in [-0.1, -0.05) is 23.8 Å². The Kier molecular flexibility index (Phi) is 2.58. The molecule has 3 atom stereocenters. The van der Waals surface area contributed by atoms with Crippen molar-refractivity contribution in [2.75, 3.05) is 13.6 Å². The minimum absolute atomic E-state index is 0.460. The van der Waals surface area contributed by atoms with Crippen molar-refractivity contribution in [3.63, 3.8) is 0 Å². The Bertz CT molecular complexity index is 356. The van der Waals surface area contributed by atoms with E-state index in [1.165, 1.54) is 12.8 Å². The van der Waals surface area contributed by atoms with Gasteiger partial charge in [0.15, 0.2) is 0 Å². The van der Waals surface area contributed by atoms with Gasteiger partial charge >= 0.3 is 0 Å². The smallest absolute Gasteiger partial charge is 0.0666 e. The zero-order chi connectivity index (χ0) is 11.0. The second-order valence-electron chi connectivity index (χ2n) is 4.72. The predicted octanol–water partition coefficient (Wildman–Crippen LogP) is 0.978. The van der Waals surface area contributed by atoms with Gasteiger partial charge in [-0.3, -0.25) is 5.32 Å². The van der Waals surface area contributed by atoms with Crippen molar-refractivity contribution < 1.29 is 0 Å². The van der Waals surface area contributed by atoms with Crippen LogP contribution in [0.5, 0.6) is 0 Å². The van der Waals surface area contributed by atoms with E-state index in [1.807, 2.05) is 7.05 Å². The van der Waals surface area contributed by atoms with E-state index in [4.69, 9.17) is 0 Å². The standard InChI is InChI=1S/C13H19N3/c1-14-12-6-5-10-7-9-16-8-3-2-4-11(16)13(10)15-12/h2-4,7-8,11-15H,5-6,9H2,1H3. The van der Waals surface area contributed by atoms with E-state index in [9.17, 15) is 0 Å². The van der Waals surface area contributed by atoms with Gasteiger partial charge in [-0.15, -0.1) is 0 Å². The molecule has 0 aromatic rings. The first kappa shape index (κ1) is 10.1. The molecule has 3 nitrogen and oxygen atoms in total. The fourth-order valence-corrected chi connectivity index (χ4v) is 2.90. The number of rotatable bonds is 1. The Labute approximate surface area is 96.9 Å². The molecule has 0 bridgehead atoms. The molecule has 1 fully saturated rings. The van der Waals surface area contributed by atoms with Crippen LogP contribution in [0.3, 0.4) is 0 Å². The second-order valence-corrected chi connectivity index (χ2v) is 4.72. The van der Waals surface area contributed by atoms with E-state index in [2.05, 4.69) is 46.0 Å². The molecule has 1 saturated heterocycles. The van der Waals surface area contributed by atoms with Gasteiger partial charge in [-0.05, 0) is 26.0 Å². The molecule has 16 heavy (non-hydrogen) atoms. The van der Waals surface area contributed by atoms with Crippen molar-refractivity contribution in [2.24, 2.45) is 0 Å². The zero-order valence-corrected chi connectivity index (χ0v) is 9.69. The Morgan fingerprint density at radius 1 is 1.44 bits per heavy atom. The molecule has 0 saturated carbocycles. The van der Waals surface area contributed by atoms with Gasteiger partial charge in [-0.2, -0.15) is 0 Å². The molecular formula is C13H19N3. The molecule has 2 N–H and O–H groups in total. The minimum Gasteiger partial charge on any atom is -0.365 e. The summed E-state index contributed by atoms with van der Waals surface area (Å²) < 4.78 is 0. The van der Waals surface area contributed by atoms with Crippen LogP contribution in [-0.4, -0.2) is 36.7 Å². The summed E-state index contributed by atoms with van der Waals surface area (Å²) >= 11 is 0. The summed E-state index contributed by atoms with van der Waals surface area (Å²) in [5, 5.41) is 7.03. The molecule has 0 aromatic carbocycles. The van der Waals surface area contributed by atoms with Crippen LogP contribution in [0.2, 0.25) is 0 Å². The molecule has 3 heteroatoms. The first-order valence-electron chi connectivity index (χ1n) is 6.11. The number of nitrogens with zero attached hydrogens (tertiary/aromatic N) is 1. The normalized spacial score (nSPS) is 36.7. The molecule has 0 amide bonds. The minimum atomic E-state index is 0.460. The Morgan fingerprint density at radius 2 is 2.38 bits per heavy atom. The molecule has 0 aliphatic carbocycles. The lowest BCUT2D eigenvalue weighted by molar-refractivity contribution is 0.227. The van der Waals surface area contributed by atoms with Gasteiger partial charge in [0.2, 0.25) is 0 Å². The highest BCUT2D eigenvalue weighted by Crippen LogP contribution is 2.28. The van der Waals surface area contributed by atoms with Crippen molar-refractivity contribution in [3.8, 4) is 0 Å². The summed E-state index contributed by atoms with van der Waals surface area (Å²) in [6.07, 6.45) is 14.1. The highest BCUT2D eigenvalue weighted by Gasteiger charge is 2.34. The maximum absolute atomic E-state index is 3.70. The first-order chi connectivity index (χ1) is 7.88. The number of hydrogen-bond acceptors (Lipinski definition) is 3. The third kappa shape index (κ3) is 1.60. The molecule has 0 spiro atoms. The average molecular weight is 217 g/mol. The van der Waals surface area contributed by atoms with Gasteiger partial charge in [0.1, 0.15) is 0 Å². The predicted molar refractivity (Wildman–Crippen MR) is 65.9 cm³/mol. The van der Waals surface area contributed by atoms with Gasteiger partial charge < -0.3 is 10.2 Å². The van der Waals surface area contributed by atoms with Crippen LogP contribution in [0.25, 0.3) is 0 Å². The zero-order valence-electron chi connectivity index (χ0n) is 9.69. The first-order valence-corrected chi connectivity index (χ1v) is 6.11. The van der Waals surface area contributed by atoms with Crippen molar-refractivity contribution in [3.05, 3.63) is 36.1 Å². The fraction of sp³-hybridized carbons (Fsp3) is 0.538. The molecule has 0 radical (unpaired) electrons. The average Bonchev–Trinajstić information content (AvgIpc) is 2.38. The lowest BCUT2D eigenvalue weighted by atomic mass is 9.86. The summed E-state index contributed by atoms with van der Waals surface area (Å²) in [6.45, 7) is 1.06. The van der Waals surface area contributed by atoms with Crippen LogP contribution in [-0.2, 0) is 0 Å². The monoisotopic (exact) mass is 217 g/mol. The summed E-state index contributed by atoms with van der Waals surface area (Å²) in [4.78, 5) is 2.40. The molecule has 3 rings (SSSR count). The Balaban J connectivity index is 1.84. The Morgan fingerprint density at radius 3 is 3.25 bits per heavy atom. The summed E-state index contributed by atoms with van der Waals surface area (Å²) in [6, 6.07) is 0.988. The van der Waals surface area contributed by atoms with Gasteiger partial charge in [-0.25, -0.2) is 0 Å². The second kappa shape index (κ2) is 4.07. The van der Waals surface area contributed by atoms with Gasteiger partial charge in [0, 0.05) is 12.7 Å². The van der Waals surface area contributed by atoms with E-state index in [0.717, 1.165) is 6.54 Å². The van der Waals surface area contributed by atoms with E-state index >= 15 is 0 Å². The van der Waals surface area contributed by atoms with Crippen molar-refractivity contribution >= 4 is 0 Å². The molecule has 0 aromatic heterocycles. The van der Waals surface area contributed by atoms with Crippen molar-refractivity contribution in [1.29, 1.82) is 0 Å². The van der Waals surface area contributed by atoms with Crippen molar-refractivity contribution in [2.45, 2.75) is 31.1 Å². The maximum atomic E-state index is 3.70. The van der Waals surface area contributed by atoms with Crippen LogP contribution < -0.4 is 10.6 Å². The highest BCUT2D eigenvalue weighted by atomic mass is 15.2. The highest BCUT2D eigenvalue weighted by molar-refractivity contribution is 5.29. The molecule has 3 aliphatic heterocycles. The fourth-order valence-electron chi connectivity index (χ4n) is 2.90. The third-order valence-corrected chi connectivity index (χ3v) is 3.84. The topological polar surface area (TPSA) is 27.3 Å². The number of hydrogen-bond donors (Lipinski definition) is 2.